The quantitative estimate of drug-likeness (QED) is 0.151. The van der Waals surface area contributed by atoms with Gasteiger partial charge in [-0.3, -0.25) is 15.0 Å². The van der Waals surface area contributed by atoms with Crippen molar-refractivity contribution < 1.29 is 8.83 Å². The summed E-state index contributed by atoms with van der Waals surface area (Å²) in [6.45, 7) is 0.889. The van der Waals surface area contributed by atoms with Gasteiger partial charge >= 0.3 is 0 Å². The zero-order valence-corrected chi connectivity index (χ0v) is 49.1. The van der Waals surface area contributed by atoms with Gasteiger partial charge in [0.25, 0.3) is 0 Å². The summed E-state index contributed by atoms with van der Waals surface area (Å²) in [5.41, 5.74) is 9.44. The van der Waals surface area contributed by atoms with E-state index in [0.717, 1.165) is 42.5 Å². The molecule has 12 aromatic rings. The minimum absolute atomic E-state index is 0.889. The maximum atomic E-state index is 5.12. The van der Waals surface area contributed by atoms with Crippen LogP contribution < -0.4 is 0 Å². The van der Waals surface area contributed by atoms with Gasteiger partial charge < -0.3 is 8.83 Å². The topological polar surface area (TPSA) is 89.7 Å². The van der Waals surface area contributed by atoms with Crippen LogP contribution in [0.25, 0.3) is 27.1 Å². The largest absolute Gasteiger partial charge is 0.473 e. The maximum Gasteiger partial charge on any atom is 0.133 e. The number of thiophene rings is 2. The van der Waals surface area contributed by atoms with E-state index in [4.69, 9.17) is 4.42 Å². The molecule has 0 radical (unpaired) electrons. The fourth-order valence-corrected chi connectivity index (χ4v) is 9.08. The molecule has 0 N–H and O–H groups in total. The molecule has 0 atom stereocenters. The number of benzene rings is 6. The summed E-state index contributed by atoms with van der Waals surface area (Å²) in [7, 11) is 0. The Morgan fingerprint density at radius 2 is 1.02 bits per heavy atom. The van der Waals surface area contributed by atoms with Crippen molar-refractivity contribution >= 4 is 67.9 Å². The fraction of sp³-hybridized carbons (Fsp3) is 0.107. The third kappa shape index (κ3) is 28.2. The molecule has 0 bridgehead atoms. The lowest BCUT2D eigenvalue weighted by atomic mass is 9.92. The first-order valence-corrected chi connectivity index (χ1v) is 29.9. The molecule has 8 heterocycles. The maximum absolute atomic E-state index is 5.12. The fourth-order valence-electron chi connectivity index (χ4n) is 7.84. The molecule has 0 saturated carbocycles. The second-order valence-electron chi connectivity index (χ2n) is 18.0. The lowest BCUT2D eigenvalue weighted by molar-refractivity contribution is 0.567. The van der Waals surface area contributed by atoms with Crippen molar-refractivity contribution in [3.05, 3.63) is 355 Å². The Morgan fingerprint density at radius 3 is 1.51 bits per heavy atom. The highest BCUT2D eigenvalue weighted by Crippen LogP contribution is 2.23. The van der Waals surface area contributed by atoms with Crippen molar-refractivity contribution in [1.29, 1.82) is 0 Å². The highest BCUT2D eigenvalue weighted by molar-refractivity contribution is 7.17. The van der Waals surface area contributed by atoms with E-state index < -0.39 is 0 Å². The van der Waals surface area contributed by atoms with Crippen LogP contribution in [0.1, 0.15) is 47.1 Å². The van der Waals surface area contributed by atoms with E-state index in [2.05, 4.69) is 156 Å². The summed E-state index contributed by atoms with van der Waals surface area (Å²) >= 11 is 3.50. The smallest absolute Gasteiger partial charge is 0.133 e. The molecule has 422 valence electrons. The van der Waals surface area contributed by atoms with Crippen molar-refractivity contribution in [2.24, 2.45) is 9.98 Å². The van der Waals surface area contributed by atoms with Crippen molar-refractivity contribution in [1.82, 2.24) is 15.0 Å². The van der Waals surface area contributed by atoms with E-state index in [1.807, 2.05) is 157 Å². The number of fused-ring (bicyclic) bond motifs is 5. The Morgan fingerprint density at radius 1 is 0.417 bits per heavy atom. The number of furan rings is 2. The first-order chi connectivity index (χ1) is 41.8. The summed E-state index contributed by atoms with van der Waals surface area (Å²) in [4.78, 5) is 19.2. The van der Waals surface area contributed by atoms with Crippen LogP contribution in [0.4, 0.5) is 5.69 Å². The van der Waals surface area contributed by atoms with Crippen LogP contribution in [-0.2, 0) is 25.7 Å². The molecule has 2 aliphatic heterocycles. The molecular formula is C75H73N5O2S2. The number of aryl methyl sites for hydroxylation is 2. The third-order valence-corrected chi connectivity index (χ3v) is 13.5. The van der Waals surface area contributed by atoms with Crippen LogP contribution in [-0.4, -0.2) is 33.9 Å². The van der Waals surface area contributed by atoms with Crippen LogP contribution >= 0.6 is 22.7 Å². The van der Waals surface area contributed by atoms with Crippen molar-refractivity contribution in [2.45, 2.75) is 44.9 Å². The third-order valence-electron chi connectivity index (χ3n) is 12.0. The zero-order chi connectivity index (χ0) is 58.1. The minimum Gasteiger partial charge on any atom is -0.473 e. The molecule has 7 nitrogen and oxygen atoms in total. The van der Waals surface area contributed by atoms with E-state index in [1.165, 1.54) is 58.8 Å². The molecule has 0 spiro atoms. The molecular weight excluding hydrogens is 1070 g/mol. The number of aliphatic imine (C=N–C) groups is 2. The standard InChI is InChI=1S/C10H12.C9H8.C8H7N.C8H6O.C8H6S.C6H6.C5H5N.C5H6.C4H4N2.C4H5N.C4H4O.C4H4S/c1-2-6-10-8-4-3-7-9(10)5-1;1-2-5-9-7-3-6-8(9)4-1;3*1-2-4-8-7(3-1)5-6-9-8;2*1-2-4-6-5-3-1;1-2-4-5-3-1;1-2-5-4-6-3-1;3*1-2-4-5-3-1/h1-2,5-6H,3-4,7-8H2;1-6H,7H2;1-4,6H,5H2;2*1-6H;1-6H;1-5H;1-4H,5H2;1-4H;1-3H,4H2;2*1-4H. The van der Waals surface area contributed by atoms with Crippen LogP contribution in [0.5, 0.6) is 0 Å². The van der Waals surface area contributed by atoms with Crippen molar-refractivity contribution in [3.63, 3.8) is 0 Å². The molecule has 9 heteroatoms. The predicted molar refractivity (Wildman–Crippen MR) is 360 cm³/mol. The van der Waals surface area contributed by atoms with Crippen LogP contribution in [0.3, 0.4) is 0 Å². The predicted octanol–water partition coefficient (Wildman–Crippen LogP) is 20.5. The van der Waals surface area contributed by atoms with Crippen LogP contribution in [0, 0.1) is 0 Å². The SMILES string of the molecule is C1=CCC=C1.C1=CCN=C1.C1=Cc2ccccc2C1.C1=Nc2ccccc2C1.c1ccc2c(c1)CCCC2.c1ccc2occc2c1.c1ccc2sccc2c1.c1ccccc1.c1ccncc1.c1ccoc1.c1ccsc1.c1cncnc1. The van der Waals surface area contributed by atoms with Crippen LogP contribution in [0.2, 0.25) is 0 Å². The summed E-state index contributed by atoms with van der Waals surface area (Å²) in [5.74, 6) is 0. The second-order valence-corrected chi connectivity index (χ2v) is 19.8. The lowest BCUT2D eigenvalue weighted by Gasteiger charge is -2.13. The van der Waals surface area contributed by atoms with Gasteiger partial charge in [0, 0.05) is 53.7 Å². The van der Waals surface area contributed by atoms with Gasteiger partial charge in [0.05, 0.1) is 31.0 Å². The number of hydrogen-bond acceptors (Lipinski definition) is 9. The summed E-state index contributed by atoms with van der Waals surface area (Å²) < 4.78 is 11.1. The van der Waals surface area contributed by atoms with Gasteiger partial charge in [0.1, 0.15) is 11.9 Å². The summed E-state index contributed by atoms with van der Waals surface area (Å²) in [5, 5.41) is 8.71. The second kappa shape index (κ2) is 43.1. The number of aromatic nitrogens is 3. The van der Waals surface area contributed by atoms with Gasteiger partial charge in [-0.2, -0.15) is 11.3 Å². The molecule has 0 unspecified atom stereocenters. The Labute approximate surface area is 504 Å². The first-order valence-electron chi connectivity index (χ1n) is 28.1. The van der Waals surface area contributed by atoms with E-state index in [0.29, 0.717) is 0 Å². The first kappa shape index (κ1) is 63.5. The average Bonchev–Trinajstić information content (AvgIpc) is 4.46. The molecule has 0 saturated heterocycles. The number of para-hydroxylation sites is 2. The van der Waals surface area contributed by atoms with E-state index in [9.17, 15) is 0 Å². The van der Waals surface area contributed by atoms with Crippen molar-refractivity contribution in [2.75, 3.05) is 6.54 Å². The average molecular weight is 1140 g/mol. The molecule has 6 aromatic heterocycles. The Bertz CT molecular complexity index is 3180. The molecule has 5 aliphatic rings. The van der Waals surface area contributed by atoms with E-state index >= 15 is 0 Å². The minimum atomic E-state index is 0.889. The Balaban J connectivity index is 0.000000148. The molecule has 6 aromatic carbocycles. The van der Waals surface area contributed by atoms with E-state index in [-0.39, 0.29) is 0 Å². The molecule has 3 aliphatic carbocycles. The van der Waals surface area contributed by atoms with Gasteiger partial charge in [-0.05, 0) is 155 Å². The zero-order valence-electron chi connectivity index (χ0n) is 47.4. The summed E-state index contributed by atoms with van der Waals surface area (Å²) in [6, 6.07) is 73.1. The Hall–Kier alpha value is -9.67. The van der Waals surface area contributed by atoms with Gasteiger partial charge in [0.15, 0.2) is 0 Å². The van der Waals surface area contributed by atoms with Crippen molar-refractivity contribution in [3.8, 4) is 0 Å². The number of rotatable bonds is 0. The van der Waals surface area contributed by atoms with Gasteiger partial charge in [-0.15, -0.1) is 11.3 Å². The highest BCUT2D eigenvalue weighted by atomic mass is 32.1. The molecule has 84 heavy (non-hydrogen) atoms. The number of nitrogens with zero attached hydrogens (tertiary/aromatic N) is 5. The number of hydrogen-bond donors (Lipinski definition) is 0. The van der Waals surface area contributed by atoms with Crippen LogP contribution in [0.15, 0.2) is 346 Å². The van der Waals surface area contributed by atoms with Gasteiger partial charge in [0.2, 0.25) is 0 Å². The highest BCUT2D eigenvalue weighted by Gasteiger charge is 2.06. The lowest BCUT2D eigenvalue weighted by Crippen LogP contribution is -2.00. The number of pyridine rings is 1. The van der Waals surface area contributed by atoms with Gasteiger partial charge in [-0.1, -0.05) is 200 Å². The normalized spacial score (nSPS) is 11.9. The van der Waals surface area contributed by atoms with Gasteiger partial charge in [-0.25, -0.2) is 9.97 Å². The van der Waals surface area contributed by atoms with E-state index in [1.54, 1.807) is 89.7 Å². The molecule has 0 amide bonds. The molecule has 17 rings (SSSR count). The molecule has 0 fully saturated rings. The Kier molecular flexibility index (Phi) is 32.6. The monoisotopic (exact) mass is 1140 g/mol. The summed E-state index contributed by atoms with van der Waals surface area (Å²) in [6.07, 6.45) is 42.4. The number of allylic oxidation sites excluding steroid dienone is 6.